The number of carbonyl (C=O) groups is 1. The SMILES string of the molecule is CNCC1CCCN(S(=O)(=O)c2ccc(C(=O)N(C)C)cc2)C1. The predicted octanol–water partition coefficient (Wildman–Crippen LogP) is 1.01. The highest BCUT2D eigenvalue weighted by Gasteiger charge is 2.30. The second-order valence-electron chi connectivity index (χ2n) is 6.15. The molecular weight excluding hydrogens is 314 g/mol. The van der Waals surface area contributed by atoms with E-state index >= 15 is 0 Å². The quantitative estimate of drug-likeness (QED) is 0.869. The van der Waals surface area contributed by atoms with Crippen molar-refractivity contribution >= 4 is 15.9 Å². The summed E-state index contributed by atoms with van der Waals surface area (Å²) in [6, 6.07) is 6.19. The van der Waals surface area contributed by atoms with Gasteiger partial charge >= 0.3 is 0 Å². The zero-order valence-electron chi connectivity index (χ0n) is 13.9. The zero-order valence-corrected chi connectivity index (χ0v) is 14.8. The first-order chi connectivity index (χ1) is 10.9. The van der Waals surface area contributed by atoms with Crippen LogP contribution in [0.25, 0.3) is 0 Å². The number of nitrogens with zero attached hydrogens (tertiary/aromatic N) is 2. The van der Waals surface area contributed by atoms with E-state index in [4.69, 9.17) is 0 Å². The Balaban J connectivity index is 2.17. The molecule has 0 aliphatic carbocycles. The monoisotopic (exact) mass is 339 g/mol. The van der Waals surface area contributed by atoms with Crippen LogP contribution in [0, 0.1) is 5.92 Å². The molecule has 6 nitrogen and oxygen atoms in total. The van der Waals surface area contributed by atoms with Crippen LogP contribution in [-0.2, 0) is 10.0 Å². The fraction of sp³-hybridized carbons (Fsp3) is 0.562. The minimum atomic E-state index is -3.50. The minimum absolute atomic E-state index is 0.138. The Labute approximate surface area is 138 Å². The second-order valence-corrected chi connectivity index (χ2v) is 8.09. The zero-order chi connectivity index (χ0) is 17.0. The maximum Gasteiger partial charge on any atom is 0.253 e. The molecule has 1 saturated heterocycles. The third-order valence-electron chi connectivity index (χ3n) is 4.12. The lowest BCUT2D eigenvalue weighted by Gasteiger charge is -2.31. The Morgan fingerprint density at radius 3 is 2.52 bits per heavy atom. The molecule has 1 aliphatic rings. The molecular formula is C16H25N3O3S. The largest absolute Gasteiger partial charge is 0.345 e. The van der Waals surface area contributed by atoms with Gasteiger partial charge in [0.1, 0.15) is 0 Å². The summed E-state index contributed by atoms with van der Waals surface area (Å²) in [5, 5.41) is 3.12. The van der Waals surface area contributed by atoms with E-state index in [-0.39, 0.29) is 10.8 Å². The molecule has 1 aromatic carbocycles. The van der Waals surface area contributed by atoms with Crippen LogP contribution in [0.1, 0.15) is 23.2 Å². The van der Waals surface area contributed by atoms with E-state index in [0.29, 0.717) is 24.6 Å². The highest BCUT2D eigenvalue weighted by molar-refractivity contribution is 7.89. The number of amides is 1. The lowest BCUT2D eigenvalue weighted by molar-refractivity contribution is 0.0827. The number of carbonyl (C=O) groups excluding carboxylic acids is 1. The Morgan fingerprint density at radius 1 is 1.30 bits per heavy atom. The van der Waals surface area contributed by atoms with Gasteiger partial charge < -0.3 is 10.2 Å². The van der Waals surface area contributed by atoms with Gasteiger partial charge in [-0.1, -0.05) is 0 Å². The lowest BCUT2D eigenvalue weighted by atomic mass is 10.00. The van der Waals surface area contributed by atoms with Crippen LogP contribution in [0.5, 0.6) is 0 Å². The average Bonchev–Trinajstić information content (AvgIpc) is 2.55. The van der Waals surface area contributed by atoms with Gasteiger partial charge in [-0.3, -0.25) is 4.79 Å². The van der Waals surface area contributed by atoms with Gasteiger partial charge in [-0.2, -0.15) is 4.31 Å². The van der Waals surface area contributed by atoms with Crippen molar-refractivity contribution in [3.63, 3.8) is 0 Å². The molecule has 1 heterocycles. The highest BCUT2D eigenvalue weighted by Crippen LogP contribution is 2.23. The number of piperidine rings is 1. The van der Waals surface area contributed by atoms with Crippen LogP contribution in [0.2, 0.25) is 0 Å². The van der Waals surface area contributed by atoms with Crippen molar-refractivity contribution in [3.05, 3.63) is 29.8 Å². The molecule has 1 fully saturated rings. The average molecular weight is 339 g/mol. The molecule has 2 rings (SSSR count). The highest BCUT2D eigenvalue weighted by atomic mass is 32.2. The van der Waals surface area contributed by atoms with Crippen molar-refractivity contribution < 1.29 is 13.2 Å². The van der Waals surface area contributed by atoms with Gasteiger partial charge in [0, 0.05) is 32.7 Å². The molecule has 1 aliphatic heterocycles. The van der Waals surface area contributed by atoms with Crippen molar-refractivity contribution in [1.29, 1.82) is 0 Å². The summed E-state index contributed by atoms with van der Waals surface area (Å²) in [4.78, 5) is 13.6. The number of nitrogens with one attached hydrogen (secondary N) is 1. The summed E-state index contributed by atoms with van der Waals surface area (Å²) >= 11 is 0. The van der Waals surface area contributed by atoms with Crippen LogP contribution in [0.3, 0.4) is 0 Å². The molecule has 0 bridgehead atoms. The molecule has 1 amide bonds. The topological polar surface area (TPSA) is 69.7 Å². The number of sulfonamides is 1. The van der Waals surface area contributed by atoms with Gasteiger partial charge in [-0.25, -0.2) is 8.42 Å². The maximum absolute atomic E-state index is 12.8. The molecule has 0 radical (unpaired) electrons. The van der Waals surface area contributed by atoms with Gasteiger partial charge in [0.2, 0.25) is 10.0 Å². The molecule has 1 N–H and O–H groups in total. The smallest absolute Gasteiger partial charge is 0.253 e. The molecule has 0 spiro atoms. The van der Waals surface area contributed by atoms with Gasteiger partial charge in [-0.05, 0) is 56.6 Å². The number of hydrogen-bond acceptors (Lipinski definition) is 4. The molecule has 1 unspecified atom stereocenters. The van der Waals surface area contributed by atoms with E-state index < -0.39 is 10.0 Å². The van der Waals surface area contributed by atoms with E-state index in [1.54, 1.807) is 30.5 Å². The van der Waals surface area contributed by atoms with Crippen molar-refractivity contribution in [2.24, 2.45) is 5.92 Å². The summed E-state index contributed by atoms with van der Waals surface area (Å²) in [6.45, 7) is 1.92. The fourth-order valence-corrected chi connectivity index (χ4v) is 4.43. The Kier molecular flexibility index (Phi) is 5.78. The molecule has 1 atom stereocenters. The first kappa shape index (κ1) is 17.9. The van der Waals surface area contributed by atoms with Gasteiger partial charge in [0.25, 0.3) is 5.91 Å². The maximum atomic E-state index is 12.8. The first-order valence-electron chi connectivity index (χ1n) is 7.82. The first-order valence-corrected chi connectivity index (χ1v) is 9.26. The van der Waals surface area contributed by atoms with Crippen LogP contribution in [-0.4, -0.2) is 64.3 Å². The Hall–Kier alpha value is -1.44. The lowest BCUT2D eigenvalue weighted by Crippen LogP contribution is -2.42. The Bertz CT molecular complexity index is 639. The molecule has 7 heteroatoms. The fourth-order valence-electron chi connectivity index (χ4n) is 2.88. The summed E-state index contributed by atoms with van der Waals surface area (Å²) in [5.41, 5.74) is 0.487. The van der Waals surface area contributed by atoms with Gasteiger partial charge in [-0.15, -0.1) is 0 Å². The van der Waals surface area contributed by atoms with Crippen LogP contribution >= 0.6 is 0 Å². The molecule has 128 valence electrons. The van der Waals surface area contributed by atoms with Gasteiger partial charge in [0.05, 0.1) is 4.90 Å². The minimum Gasteiger partial charge on any atom is -0.345 e. The Morgan fingerprint density at radius 2 is 1.96 bits per heavy atom. The second kappa shape index (κ2) is 7.42. The third kappa shape index (κ3) is 4.10. The normalized spacial score (nSPS) is 19.5. The van der Waals surface area contributed by atoms with Crippen LogP contribution < -0.4 is 5.32 Å². The van der Waals surface area contributed by atoms with E-state index in [0.717, 1.165) is 19.4 Å². The summed E-state index contributed by atoms with van der Waals surface area (Å²) in [7, 11) is 1.73. The van der Waals surface area contributed by atoms with Crippen molar-refractivity contribution in [1.82, 2.24) is 14.5 Å². The summed E-state index contributed by atoms with van der Waals surface area (Å²) in [6.07, 6.45) is 1.92. The van der Waals surface area contributed by atoms with Gasteiger partial charge in [0.15, 0.2) is 0 Å². The van der Waals surface area contributed by atoms with E-state index in [9.17, 15) is 13.2 Å². The number of hydrogen-bond donors (Lipinski definition) is 1. The molecule has 0 aromatic heterocycles. The van der Waals surface area contributed by atoms with Crippen LogP contribution in [0.4, 0.5) is 0 Å². The van der Waals surface area contributed by atoms with E-state index in [1.165, 1.54) is 17.0 Å². The molecule has 0 saturated carbocycles. The number of benzene rings is 1. The summed E-state index contributed by atoms with van der Waals surface area (Å²) in [5.74, 6) is 0.208. The third-order valence-corrected chi connectivity index (χ3v) is 6.00. The van der Waals surface area contributed by atoms with Crippen molar-refractivity contribution in [2.45, 2.75) is 17.7 Å². The van der Waals surface area contributed by atoms with Crippen molar-refractivity contribution in [2.75, 3.05) is 40.8 Å². The molecule has 1 aromatic rings. The number of rotatable bonds is 5. The van der Waals surface area contributed by atoms with Crippen molar-refractivity contribution in [3.8, 4) is 0 Å². The van der Waals surface area contributed by atoms with Crippen LogP contribution in [0.15, 0.2) is 29.2 Å². The van der Waals surface area contributed by atoms with E-state index in [2.05, 4.69) is 5.32 Å². The standard InChI is InChI=1S/C16H25N3O3S/c1-17-11-13-5-4-10-19(12-13)23(21,22)15-8-6-14(7-9-15)16(20)18(2)3/h6-9,13,17H,4-5,10-12H2,1-3H3. The summed E-state index contributed by atoms with van der Waals surface area (Å²) < 4.78 is 27.1. The molecule has 23 heavy (non-hydrogen) atoms. The van der Waals surface area contributed by atoms with E-state index in [1.807, 2.05) is 7.05 Å². The predicted molar refractivity (Wildman–Crippen MR) is 89.9 cm³/mol.